The SMILES string of the molecule is CCn1cncc1Cn1c(CN2CC(=Cc3cnc(COc4ccc(Cl)cc4/C=N/C)o3)C2)nc2ccc(C(=O)O)cc21. The molecule has 0 aliphatic carbocycles. The Morgan fingerprint density at radius 2 is 2.05 bits per heavy atom. The van der Waals surface area contributed by atoms with E-state index in [2.05, 4.69) is 35.9 Å². The number of carboxylic acid groups (broad SMARTS) is 1. The Bertz CT molecular complexity index is 1840. The number of benzene rings is 2. The van der Waals surface area contributed by atoms with Gasteiger partial charge in [-0.25, -0.2) is 19.7 Å². The van der Waals surface area contributed by atoms with Crippen LogP contribution < -0.4 is 4.74 Å². The summed E-state index contributed by atoms with van der Waals surface area (Å²) in [6.07, 6.45) is 9.04. The van der Waals surface area contributed by atoms with Crippen molar-refractivity contribution in [3.63, 3.8) is 0 Å². The molecule has 5 aromatic rings. The molecule has 0 amide bonds. The average molecular weight is 600 g/mol. The van der Waals surface area contributed by atoms with E-state index in [4.69, 9.17) is 25.7 Å². The molecule has 3 aromatic heterocycles. The number of aromatic carboxylic acids is 1. The molecule has 4 heterocycles. The molecule has 1 N–H and O–H groups in total. The van der Waals surface area contributed by atoms with Crippen LogP contribution in [-0.2, 0) is 26.2 Å². The Morgan fingerprint density at radius 1 is 1.19 bits per heavy atom. The van der Waals surface area contributed by atoms with E-state index >= 15 is 0 Å². The zero-order valence-corrected chi connectivity index (χ0v) is 24.5. The summed E-state index contributed by atoms with van der Waals surface area (Å²) in [6.45, 7) is 5.72. The average Bonchev–Trinajstić information content (AvgIpc) is 3.70. The van der Waals surface area contributed by atoms with Crippen molar-refractivity contribution in [1.29, 1.82) is 0 Å². The Morgan fingerprint density at radius 3 is 2.84 bits per heavy atom. The fourth-order valence-corrected chi connectivity index (χ4v) is 5.33. The molecule has 1 saturated heterocycles. The predicted molar refractivity (Wildman–Crippen MR) is 163 cm³/mol. The van der Waals surface area contributed by atoms with E-state index in [-0.39, 0.29) is 12.2 Å². The summed E-state index contributed by atoms with van der Waals surface area (Å²) >= 11 is 6.09. The van der Waals surface area contributed by atoms with Crippen molar-refractivity contribution >= 4 is 40.9 Å². The lowest BCUT2D eigenvalue weighted by molar-refractivity contribution is 0.0697. The largest absolute Gasteiger partial charge is 0.483 e. The van der Waals surface area contributed by atoms with E-state index in [1.807, 2.05) is 12.3 Å². The van der Waals surface area contributed by atoms with Crippen LogP contribution >= 0.6 is 11.6 Å². The maximum absolute atomic E-state index is 11.7. The van der Waals surface area contributed by atoms with Gasteiger partial charge in [0, 0.05) is 49.7 Å². The van der Waals surface area contributed by atoms with Crippen LogP contribution in [-0.4, -0.2) is 66.4 Å². The van der Waals surface area contributed by atoms with Gasteiger partial charge in [0.1, 0.15) is 17.3 Å². The number of oxazole rings is 1. The Labute approximate surface area is 252 Å². The lowest BCUT2D eigenvalue weighted by Gasteiger charge is -2.33. The minimum atomic E-state index is -0.963. The lowest BCUT2D eigenvalue weighted by Crippen LogP contribution is -2.39. The van der Waals surface area contributed by atoms with Crippen molar-refractivity contribution in [2.45, 2.75) is 33.2 Å². The smallest absolute Gasteiger partial charge is 0.335 e. The van der Waals surface area contributed by atoms with E-state index < -0.39 is 5.97 Å². The topological polar surface area (TPSA) is 124 Å². The van der Waals surface area contributed by atoms with E-state index in [1.165, 1.54) is 5.57 Å². The van der Waals surface area contributed by atoms with E-state index in [0.717, 1.165) is 47.7 Å². The van der Waals surface area contributed by atoms with Gasteiger partial charge in [0.05, 0.1) is 47.9 Å². The minimum Gasteiger partial charge on any atom is -0.483 e. The number of nitrogens with zero attached hydrogens (tertiary/aromatic N) is 7. The van der Waals surface area contributed by atoms with Gasteiger partial charge in [-0.1, -0.05) is 11.6 Å². The molecule has 0 spiro atoms. The van der Waals surface area contributed by atoms with Gasteiger partial charge in [-0.3, -0.25) is 9.89 Å². The summed E-state index contributed by atoms with van der Waals surface area (Å²) in [5.74, 6) is 1.69. The van der Waals surface area contributed by atoms with Crippen LogP contribution in [0.3, 0.4) is 0 Å². The summed E-state index contributed by atoms with van der Waals surface area (Å²) in [6, 6.07) is 10.4. The number of hydrogen-bond donors (Lipinski definition) is 1. The lowest BCUT2D eigenvalue weighted by atomic mass is 10.1. The first-order valence-corrected chi connectivity index (χ1v) is 14.2. The molecule has 1 aliphatic heterocycles. The molecule has 1 fully saturated rings. The molecule has 43 heavy (non-hydrogen) atoms. The van der Waals surface area contributed by atoms with E-state index in [0.29, 0.717) is 35.5 Å². The number of imidazole rings is 2. The van der Waals surface area contributed by atoms with Gasteiger partial charge in [-0.2, -0.15) is 0 Å². The van der Waals surface area contributed by atoms with Gasteiger partial charge in [0.25, 0.3) is 0 Å². The zero-order chi connectivity index (χ0) is 29.9. The molecule has 1 aliphatic rings. The Kier molecular flexibility index (Phi) is 8.08. The fourth-order valence-electron chi connectivity index (χ4n) is 5.15. The number of aliphatic imine (C=N–C) groups is 1. The van der Waals surface area contributed by atoms with Crippen LogP contribution in [0.15, 0.2) is 70.1 Å². The summed E-state index contributed by atoms with van der Waals surface area (Å²) in [4.78, 5) is 31.5. The monoisotopic (exact) mass is 599 g/mol. The molecule has 0 unspecified atom stereocenters. The van der Waals surface area contributed by atoms with Crippen LogP contribution in [0, 0.1) is 0 Å². The molecule has 2 aromatic carbocycles. The number of hydrogen-bond acceptors (Lipinski definition) is 8. The molecule has 0 bridgehead atoms. The highest BCUT2D eigenvalue weighted by molar-refractivity contribution is 6.30. The normalized spacial score (nSPS) is 13.6. The van der Waals surface area contributed by atoms with Crippen molar-refractivity contribution in [2.75, 3.05) is 20.1 Å². The molecule has 12 heteroatoms. The van der Waals surface area contributed by atoms with Crippen LogP contribution in [0.25, 0.3) is 17.1 Å². The highest BCUT2D eigenvalue weighted by Crippen LogP contribution is 2.26. The molecule has 0 radical (unpaired) electrons. The van der Waals surface area contributed by atoms with Crippen molar-refractivity contribution in [2.24, 2.45) is 4.99 Å². The van der Waals surface area contributed by atoms with Gasteiger partial charge in [0.15, 0.2) is 6.61 Å². The quantitative estimate of drug-likeness (QED) is 0.206. The van der Waals surface area contributed by atoms with E-state index in [1.54, 1.807) is 62.2 Å². The third-order valence-corrected chi connectivity index (χ3v) is 7.50. The third kappa shape index (κ3) is 6.23. The number of rotatable bonds is 11. The van der Waals surface area contributed by atoms with Crippen LogP contribution in [0.1, 0.15) is 46.0 Å². The number of aromatic nitrogens is 5. The van der Waals surface area contributed by atoms with Crippen LogP contribution in [0.4, 0.5) is 0 Å². The summed E-state index contributed by atoms with van der Waals surface area (Å²) in [5.41, 5.74) is 4.82. The number of ether oxygens (including phenoxy) is 1. The van der Waals surface area contributed by atoms with Crippen molar-refractivity contribution in [3.05, 3.63) is 100 Å². The maximum atomic E-state index is 11.7. The molecule has 220 valence electrons. The Balaban J connectivity index is 1.13. The second kappa shape index (κ2) is 12.2. The molecule has 0 atom stereocenters. The maximum Gasteiger partial charge on any atom is 0.335 e. The second-order valence-electron chi connectivity index (χ2n) is 10.3. The minimum absolute atomic E-state index is 0.179. The van der Waals surface area contributed by atoms with Gasteiger partial charge < -0.3 is 23.4 Å². The summed E-state index contributed by atoms with van der Waals surface area (Å²) < 4.78 is 16.0. The molecule has 6 rings (SSSR count). The fraction of sp³-hybridized carbons (Fsp3) is 0.258. The number of carboxylic acids is 1. The molecule has 11 nitrogen and oxygen atoms in total. The number of halogens is 1. The second-order valence-corrected chi connectivity index (χ2v) is 10.7. The first-order valence-electron chi connectivity index (χ1n) is 13.8. The van der Waals surface area contributed by atoms with Gasteiger partial charge in [-0.05, 0) is 55.0 Å². The molecule has 0 saturated carbocycles. The molecular weight excluding hydrogens is 570 g/mol. The Hall–Kier alpha value is -4.74. The third-order valence-electron chi connectivity index (χ3n) is 7.26. The number of fused-ring (bicyclic) bond motifs is 1. The number of aryl methyl sites for hydroxylation is 1. The number of likely N-dealkylation sites (tertiary alicyclic amines) is 1. The zero-order valence-electron chi connectivity index (χ0n) is 23.8. The van der Waals surface area contributed by atoms with Gasteiger partial charge >= 0.3 is 5.97 Å². The first-order chi connectivity index (χ1) is 20.9. The van der Waals surface area contributed by atoms with Crippen LogP contribution in [0.2, 0.25) is 5.02 Å². The first kappa shape index (κ1) is 28.4. The highest BCUT2D eigenvalue weighted by atomic mass is 35.5. The molecular formula is C31H30ClN7O4. The van der Waals surface area contributed by atoms with Crippen molar-refractivity contribution in [1.82, 2.24) is 29.0 Å². The van der Waals surface area contributed by atoms with Crippen molar-refractivity contribution < 1.29 is 19.1 Å². The standard InChI is InChI=1S/C31H30ClN7O4/c1-3-38-19-34-12-24(38)16-39-27-10-21(31(40)41)4-6-26(27)36-29(39)17-37-14-20(15-37)8-25-13-35-30(43-25)18-42-28-7-5-23(32)9-22(28)11-33-2/h4-13,19H,3,14-18H2,1-2H3,(H,40,41)/b33-11+. The van der Waals surface area contributed by atoms with Gasteiger partial charge in [-0.15, -0.1) is 0 Å². The van der Waals surface area contributed by atoms with Crippen LogP contribution in [0.5, 0.6) is 5.75 Å². The summed E-state index contributed by atoms with van der Waals surface area (Å²) in [7, 11) is 1.69. The summed E-state index contributed by atoms with van der Waals surface area (Å²) in [5, 5.41) is 10.2. The number of carbonyl (C=O) groups is 1. The highest BCUT2D eigenvalue weighted by Gasteiger charge is 2.24. The van der Waals surface area contributed by atoms with Crippen molar-refractivity contribution in [3.8, 4) is 5.75 Å². The predicted octanol–water partition coefficient (Wildman–Crippen LogP) is 5.17. The van der Waals surface area contributed by atoms with Gasteiger partial charge in [0.2, 0.25) is 5.89 Å². The van der Waals surface area contributed by atoms with E-state index in [9.17, 15) is 9.90 Å².